The number of halogens is 1. The van der Waals surface area contributed by atoms with Crippen molar-refractivity contribution >= 4 is 18.3 Å². The van der Waals surface area contributed by atoms with Gasteiger partial charge < -0.3 is 10.2 Å². The second-order valence-corrected chi connectivity index (χ2v) is 7.40. The number of piperidine rings is 1. The fourth-order valence-corrected chi connectivity index (χ4v) is 4.79. The molecular formula is C17H32ClN3O. The van der Waals surface area contributed by atoms with Crippen molar-refractivity contribution < 1.29 is 4.79 Å². The Balaban J connectivity index is 0.00000176. The van der Waals surface area contributed by atoms with E-state index in [-0.39, 0.29) is 23.9 Å². The molecule has 0 radical (unpaired) electrons. The Morgan fingerprint density at radius 1 is 1.18 bits per heavy atom. The van der Waals surface area contributed by atoms with E-state index in [9.17, 15) is 4.79 Å². The molecule has 2 heterocycles. The first-order valence-electron chi connectivity index (χ1n) is 8.91. The van der Waals surface area contributed by atoms with E-state index in [4.69, 9.17) is 0 Å². The van der Waals surface area contributed by atoms with Crippen LogP contribution >= 0.6 is 12.4 Å². The first-order valence-corrected chi connectivity index (χ1v) is 8.91. The Kier molecular flexibility index (Phi) is 6.54. The molecule has 3 rings (SSSR count). The summed E-state index contributed by atoms with van der Waals surface area (Å²) in [6, 6.07) is 0. The summed E-state index contributed by atoms with van der Waals surface area (Å²) in [7, 11) is 0. The number of nitrogens with zero attached hydrogens (tertiary/aromatic N) is 2. The molecule has 0 aromatic heterocycles. The Labute approximate surface area is 141 Å². The van der Waals surface area contributed by atoms with Crippen molar-refractivity contribution in [3.05, 3.63) is 0 Å². The van der Waals surface area contributed by atoms with Gasteiger partial charge in [0, 0.05) is 33.1 Å². The van der Waals surface area contributed by atoms with Gasteiger partial charge in [-0.05, 0) is 44.7 Å². The van der Waals surface area contributed by atoms with Crippen LogP contribution in [0.4, 0.5) is 0 Å². The van der Waals surface area contributed by atoms with Crippen molar-refractivity contribution in [1.82, 2.24) is 15.1 Å². The third kappa shape index (κ3) is 3.95. The van der Waals surface area contributed by atoms with Gasteiger partial charge in [-0.15, -0.1) is 12.4 Å². The highest BCUT2D eigenvalue weighted by molar-refractivity contribution is 5.85. The molecule has 5 heteroatoms. The van der Waals surface area contributed by atoms with E-state index in [1.807, 2.05) is 0 Å². The van der Waals surface area contributed by atoms with E-state index in [1.165, 1.54) is 64.6 Å². The molecule has 1 atom stereocenters. The maximum atomic E-state index is 12.1. The molecule has 1 aliphatic carbocycles. The van der Waals surface area contributed by atoms with Crippen molar-refractivity contribution in [2.24, 2.45) is 5.92 Å². The van der Waals surface area contributed by atoms with Gasteiger partial charge in [-0.2, -0.15) is 0 Å². The number of carbonyl (C=O) groups is 1. The molecule has 22 heavy (non-hydrogen) atoms. The number of piperazine rings is 1. The predicted octanol–water partition coefficient (Wildman–Crippen LogP) is 2.27. The summed E-state index contributed by atoms with van der Waals surface area (Å²) >= 11 is 0. The molecular weight excluding hydrogens is 298 g/mol. The lowest BCUT2D eigenvalue weighted by Gasteiger charge is -2.53. The fraction of sp³-hybridized carbons (Fsp3) is 0.941. The van der Waals surface area contributed by atoms with Crippen molar-refractivity contribution in [2.45, 2.75) is 57.4 Å². The van der Waals surface area contributed by atoms with Crippen LogP contribution in [0.5, 0.6) is 0 Å². The Morgan fingerprint density at radius 3 is 2.59 bits per heavy atom. The Morgan fingerprint density at radius 2 is 1.95 bits per heavy atom. The lowest BCUT2D eigenvalue weighted by molar-refractivity contribution is -0.142. The molecule has 1 amide bonds. The average molecular weight is 330 g/mol. The largest absolute Gasteiger partial charge is 0.335 e. The summed E-state index contributed by atoms with van der Waals surface area (Å²) in [6.07, 6.45) is 9.05. The van der Waals surface area contributed by atoms with Crippen LogP contribution < -0.4 is 5.32 Å². The summed E-state index contributed by atoms with van der Waals surface area (Å²) in [5.74, 6) is 1.10. The van der Waals surface area contributed by atoms with Crippen LogP contribution in [0.25, 0.3) is 0 Å². The molecule has 0 aromatic rings. The number of hydrogen-bond acceptors (Lipinski definition) is 3. The van der Waals surface area contributed by atoms with E-state index in [0.717, 1.165) is 25.6 Å². The predicted molar refractivity (Wildman–Crippen MR) is 92.5 cm³/mol. The normalized spacial score (nSPS) is 29.1. The highest BCUT2D eigenvalue weighted by Gasteiger charge is 2.43. The first-order chi connectivity index (χ1) is 10.2. The molecule has 2 aliphatic heterocycles. The van der Waals surface area contributed by atoms with Crippen molar-refractivity contribution in [3.63, 3.8) is 0 Å². The lowest BCUT2D eigenvalue weighted by atomic mass is 9.78. The zero-order chi connectivity index (χ0) is 14.7. The van der Waals surface area contributed by atoms with Crippen LogP contribution in [0.2, 0.25) is 0 Å². The van der Waals surface area contributed by atoms with Crippen LogP contribution in [-0.4, -0.2) is 60.5 Å². The van der Waals surface area contributed by atoms with Gasteiger partial charge in [0.15, 0.2) is 0 Å². The third-order valence-electron chi connectivity index (χ3n) is 5.81. The Bertz CT molecular complexity index is 365. The monoisotopic (exact) mass is 329 g/mol. The van der Waals surface area contributed by atoms with Crippen LogP contribution in [0.1, 0.15) is 51.9 Å². The fourth-order valence-electron chi connectivity index (χ4n) is 4.79. The van der Waals surface area contributed by atoms with Gasteiger partial charge >= 0.3 is 0 Å². The highest BCUT2D eigenvalue weighted by atomic mass is 35.5. The van der Waals surface area contributed by atoms with Gasteiger partial charge in [0.05, 0.1) is 5.54 Å². The Hall–Kier alpha value is -0.320. The van der Waals surface area contributed by atoms with Gasteiger partial charge in [-0.3, -0.25) is 9.69 Å². The topological polar surface area (TPSA) is 35.6 Å². The number of hydrogen-bond donors (Lipinski definition) is 1. The van der Waals surface area contributed by atoms with Crippen molar-refractivity contribution in [2.75, 3.05) is 39.3 Å². The van der Waals surface area contributed by atoms with Crippen molar-refractivity contribution in [1.29, 1.82) is 0 Å². The summed E-state index contributed by atoms with van der Waals surface area (Å²) in [5, 5.41) is 3.53. The molecule has 0 aromatic carbocycles. The minimum absolute atomic E-state index is 0. The van der Waals surface area contributed by atoms with Crippen LogP contribution in [0.15, 0.2) is 0 Å². The average Bonchev–Trinajstić information content (AvgIpc) is 2.49. The number of rotatable bonds is 2. The summed E-state index contributed by atoms with van der Waals surface area (Å²) in [6.45, 7) is 8.48. The minimum Gasteiger partial charge on any atom is -0.335 e. The van der Waals surface area contributed by atoms with Crippen LogP contribution in [0.3, 0.4) is 0 Å². The van der Waals surface area contributed by atoms with E-state index < -0.39 is 0 Å². The smallest absolute Gasteiger partial charge is 0.219 e. The quantitative estimate of drug-likeness (QED) is 0.844. The molecule has 4 nitrogen and oxygen atoms in total. The molecule has 128 valence electrons. The van der Waals surface area contributed by atoms with Crippen molar-refractivity contribution in [3.8, 4) is 0 Å². The molecule has 1 saturated carbocycles. The van der Waals surface area contributed by atoms with Gasteiger partial charge in [-0.1, -0.05) is 19.3 Å². The maximum Gasteiger partial charge on any atom is 0.219 e. The lowest BCUT2D eigenvalue weighted by Crippen LogP contribution is -2.64. The number of amides is 1. The molecule has 3 fully saturated rings. The second kappa shape index (κ2) is 7.98. The molecule has 0 bridgehead atoms. The summed E-state index contributed by atoms with van der Waals surface area (Å²) < 4.78 is 0. The van der Waals surface area contributed by atoms with E-state index in [0.29, 0.717) is 0 Å². The van der Waals surface area contributed by atoms with E-state index >= 15 is 0 Å². The van der Waals surface area contributed by atoms with Crippen LogP contribution in [0, 0.1) is 5.92 Å². The van der Waals surface area contributed by atoms with Gasteiger partial charge in [0.2, 0.25) is 5.91 Å². The minimum atomic E-state index is 0. The zero-order valence-corrected chi connectivity index (χ0v) is 14.8. The molecule has 1 unspecified atom stereocenters. The second-order valence-electron chi connectivity index (χ2n) is 7.40. The van der Waals surface area contributed by atoms with E-state index in [2.05, 4.69) is 15.1 Å². The maximum absolute atomic E-state index is 12.1. The zero-order valence-electron chi connectivity index (χ0n) is 14.0. The van der Waals surface area contributed by atoms with Gasteiger partial charge in [-0.25, -0.2) is 0 Å². The highest BCUT2D eigenvalue weighted by Crippen LogP contribution is 2.37. The standard InChI is InChI=1S/C17H31N3O.ClH/c1-15(21)20-11-10-19(13-16-6-5-9-18-12-16)14-17(20)7-3-2-4-8-17;/h16,18H,2-14H2,1H3;1H. The third-order valence-corrected chi connectivity index (χ3v) is 5.81. The summed E-state index contributed by atoms with van der Waals surface area (Å²) in [5.41, 5.74) is 0.157. The van der Waals surface area contributed by atoms with Gasteiger partial charge in [0.1, 0.15) is 0 Å². The van der Waals surface area contributed by atoms with Gasteiger partial charge in [0.25, 0.3) is 0 Å². The summed E-state index contributed by atoms with van der Waals surface area (Å²) in [4.78, 5) is 16.9. The number of nitrogens with one attached hydrogen (secondary N) is 1. The van der Waals surface area contributed by atoms with E-state index in [1.54, 1.807) is 6.92 Å². The van der Waals surface area contributed by atoms with Crippen LogP contribution in [-0.2, 0) is 4.79 Å². The number of carbonyl (C=O) groups excluding carboxylic acids is 1. The molecule has 1 N–H and O–H groups in total. The molecule has 2 saturated heterocycles. The molecule has 3 aliphatic rings. The first kappa shape index (κ1) is 18.0. The SMILES string of the molecule is CC(=O)N1CCN(CC2CCCNC2)CC12CCCCC2.Cl. The molecule has 1 spiro atoms.